The van der Waals surface area contributed by atoms with Crippen LogP contribution in [-0.4, -0.2) is 4.57 Å². The normalized spacial score (nSPS) is 11.6. The first kappa shape index (κ1) is 14.6. The molecule has 0 radical (unpaired) electrons. The van der Waals surface area contributed by atoms with Crippen LogP contribution in [0.25, 0.3) is 0 Å². The fraction of sp³-hybridized carbons (Fsp3) is 0.667. The van der Waals surface area contributed by atoms with Gasteiger partial charge in [-0.1, -0.05) is 27.7 Å². The number of aromatic nitrogens is 1. The Morgan fingerprint density at radius 2 is 1.67 bits per heavy atom. The summed E-state index contributed by atoms with van der Waals surface area (Å²) in [6.07, 6.45) is 0. The molecule has 0 aliphatic carbocycles. The molecule has 0 amide bonds. The molecule has 0 aromatic carbocycles. The van der Waals surface area contributed by atoms with E-state index in [1.54, 1.807) is 0 Å². The first-order valence-corrected chi connectivity index (χ1v) is 6.66. The van der Waals surface area contributed by atoms with Gasteiger partial charge in [0, 0.05) is 12.2 Å². The summed E-state index contributed by atoms with van der Waals surface area (Å²) >= 11 is 0. The summed E-state index contributed by atoms with van der Waals surface area (Å²) in [5, 5.41) is 9.15. The molecule has 0 fully saturated rings. The van der Waals surface area contributed by atoms with Crippen molar-refractivity contribution >= 4 is 5.82 Å². The molecule has 0 unspecified atom stereocenters. The van der Waals surface area contributed by atoms with E-state index in [4.69, 9.17) is 11.0 Å². The molecule has 3 heteroatoms. The fourth-order valence-electron chi connectivity index (χ4n) is 2.67. The van der Waals surface area contributed by atoms with Gasteiger partial charge in [0.1, 0.15) is 11.9 Å². The molecule has 0 aliphatic heterocycles. The van der Waals surface area contributed by atoms with Gasteiger partial charge in [-0.05, 0) is 37.2 Å². The summed E-state index contributed by atoms with van der Waals surface area (Å²) in [7, 11) is 0. The average Bonchev–Trinajstić information content (AvgIpc) is 2.47. The van der Waals surface area contributed by atoms with Gasteiger partial charge in [-0.3, -0.25) is 0 Å². The second-order valence-corrected chi connectivity index (χ2v) is 5.84. The van der Waals surface area contributed by atoms with Crippen molar-refractivity contribution in [2.24, 2.45) is 17.8 Å². The molecule has 0 bridgehead atoms. The van der Waals surface area contributed by atoms with Crippen molar-refractivity contribution in [2.75, 3.05) is 5.73 Å². The second-order valence-electron chi connectivity index (χ2n) is 5.84. The molecule has 1 aromatic rings. The Balaban J connectivity index is 3.16. The van der Waals surface area contributed by atoms with Gasteiger partial charge in [-0.25, -0.2) is 0 Å². The highest BCUT2D eigenvalue weighted by Gasteiger charge is 2.22. The minimum atomic E-state index is 0.573. The molecule has 1 heterocycles. The van der Waals surface area contributed by atoms with Gasteiger partial charge < -0.3 is 10.3 Å². The topological polar surface area (TPSA) is 54.7 Å². The minimum absolute atomic E-state index is 0.573. The maximum atomic E-state index is 9.15. The van der Waals surface area contributed by atoms with Gasteiger partial charge in [0.15, 0.2) is 0 Å². The lowest BCUT2D eigenvalue weighted by molar-refractivity contribution is 0.252. The quantitative estimate of drug-likeness (QED) is 0.885. The van der Waals surface area contributed by atoms with Gasteiger partial charge in [0.25, 0.3) is 0 Å². The lowest BCUT2D eigenvalue weighted by Gasteiger charge is -2.26. The van der Waals surface area contributed by atoms with E-state index in [9.17, 15) is 0 Å². The van der Waals surface area contributed by atoms with Crippen molar-refractivity contribution in [1.82, 2.24) is 4.57 Å². The van der Waals surface area contributed by atoms with Crippen molar-refractivity contribution in [3.05, 3.63) is 16.8 Å². The smallest absolute Gasteiger partial charge is 0.122 e. The second kappa shape index (κ2) is 5.48. The highest BCUT2D eigenvalue weighted by Crippen LogP contribution is 2.29. The summed E-state index contributed by atoms with van der Waals surface area (Å²) in [5.74, 6) is 2.41. The predicted octanol–water partition coefficient (Wildman–Crippen LogP) is 3.49. The van der Waals surface area contributed by atoms with E-state index < -0.39 is 0 Å². The van der Waals surface area contributed by atoms with E-state index in [1.807, 2.05) is 13.8 Å². The van der Waals surface area contributed by atoms with E-state index in [1.165, 1.54) is 0 Å². The maximum Gasteiger partial charge on any atom is 0.122 e. The highest BCUT2D eigenvalue weighted by molar-refractivity contribution is 5.57. The van der Waals surface area contributed by atoms with Crippen molar-refractivity contribution in [3.8, 4) is 6.07 Å². The summed E-state index contributed by atoms with van der Waals surface area (Å²) < 4.78 is 2.11. The van der Waals surface area contributed by atoms with E-state index in [0.717, 1.165) is 17.8 Å². The Bertz CT molecular complexity index is 453. The van der Waals surface area contributed by atoms with E-state index in [-0.39, 0.29) is 0 Å². The Morgan fingerprint density at radius 3 is 2.00 bits per heavy atom. The predicted molar refractivity (Wildman–Crippen MR) is 76.2 cm³/mol. The number of anilines is 1. The minimum Gasteiger partial charge on any atom is -0.384 e. The van der Waals surface area contributed by atoms with Crippen molar-refractivity contribution in [2.45, 2.75) is 48.1 Å². The summed E-state index contributed by atoms with van der Waals surface area (Å²) in [6.45, 7) is 13.9. The summed E-state index contributed by atoms with van der Waals surface area (Å²) in [6, 6.07) is 2.21. The van der Waals surface area contributed by atoms with Gasteiger partial charge in [-0.15, -0.1) is 0 Å². The third-order valence-electron chi connectivity index (χ3n) is 4.09. The molecular formula is C15H25N3. The number of nitrogen functional groups attached to an aromatic ring is 1. The molecule has 0 aliphatic rings. The first-order chi connectivity index (χ1) is 8.31. The highest BCUT2D eigenvalue weighted by atomic mass is 15.1. The third-order valence-corrected chi connectivity index (χ3v) is 4.09. The maximum absolute atomic E-state index is 9.15. The molecule has 0 atom stereocenters. The van der Waals surface area contributed by atoms with Crippen LogP contribution < -0.4 is 5.73 Å². The number of rotatable bonds is 4. The lowest BCUT2D eigenvalue weighted by Crippen LogP contribution is -2.23. The SMILES string of the molecule is Cc1c(C#N)c(N)n(CC(C(C)C)C(C)C)c1C. The molecule has 3 nitrogen and oxygen atoms in total. The van der Waals surface area contributed by atoms with Gasteiger partial charge in [-0.2, -0.15) is 5.26 Å². The van der Waals surface area contributed by atoms with E-state index in [2.05, 4.69) is 38.3 Å². The van der Waals surface area contributed by atoms with Gasteiger partial charge >= 0.3 is 0 Å². The molecule has 0 saturated heterocycles. The van der Waals surface area contributed by atoms with Crippen LogP contribution in [0.15, 0.2) is 0 Å². The Hall–Kier alpha value is -1.43. The van der Waals surface area contributed by atoms with Crippen LogP contribution in [-0.2, 0) is 6.54 Å². The van der Waals surface area contributed by atoms with Crippen LogP contribution >= 0.6 is 0 Å². The van der Waals surface area contributed by atoms with Crippen LogP contribution in [0.3, 0.4) is 0 Å². The summed E-state index contributed by atoms with van der Waals surface area (Å²) in [4.78, 5) is 0. The van der Waals surface area contributed by atoms with Crippen LogP contribution in [0.2, 0.25) is 0 Å². The van der Waals surface area contributed by atoms with Crippen molar-refractivity contribution < 1.29 is 0 Å². The van der Waals surface area contributed by atoms with Crippen LogP contribution in [0.4, 0.5) is 5.82 Å². The van der Waals surface area contributed by atoms with E-state index in [0.29, 0.717) is 29.1 Å². The molecule has 0 saturated carbocycles. The van der Waals surface area contributed by atoms with Gasteiger partial charge in [0.2, 0.25) is 0 Å². The third kappa shape index (κ3) is 2.53. The molecule has 1 aromatic heterocycles. The lowest BCUT2D eigenvalue weighted by atomic mass is 9.85. The fourth-order valence-corrected chi connectivity index (χ4v) is 2.67. The zero-order valence-electron chi connectivity index (χ0n) is 12.4. The zero-order valence-corrected chi connectivity index (χ0v) is 12.4. The largest absolute Gasteiger partial charge is 0.384 e. The average molecular weight is 247 g/mol. The Morgan fingerprint density at radius 1 is 1.17 bits per heavy atom. The number of nitrogens with zero attached hydrogens (tertiary/aromatic N) is 2. The van der Waals surface area contributed by atoms with Crippen LogP contribution in [0, 0.1) is 42.9 Å². The van der Waals surface area contributed by atoms with Gasteiger partial charge in [0.05, 0.1) is 5.56 Å². The number of nitrogens with two attached hydrogens (primary N) is 1. The van der Waals surface area contributed by atoms with Crippen molar-refractivity contribution in [3.63, 3.8) is 0 Å². The molecular weight excluding hydrogens is 222 g/mol. The van der Waals surface area contributed by atoms with Crippen LogP contribution in [0.5, 0.6) is 0 Å². The van der Waals surface area contributed by atoms with E-state index >= 15 is 0 Å². The Labute approximate surface area is 111 Å². The number of nitriles is 1. The monoisotopic (exact) mass is 247 g/mol. The standard InChI is InChI=1S/C15H25N3/c1-9(2)14(10(3)4)8-18-12(6)11(5)13(7-16)15(18)17/h9-10,14H,8,17H2,1-6H3. The molecule has 1 rings (SSSR count). The molecule has 0 spiro atoms. The number of hydrogen-bond acceptors (Lipinski definition) is 2. The van der Waals surface area contributed by atoms with Crippen molar-refractivity contribution in [1.29, 1.82) is 5.26 Å². The number of hydrogen-bond donors (Lipinski definition) is 1. The molecule has 18 heavy (non-hydrogen) atoms. The molecule has 100 valence electrons. The Kier molecular flexibility index (Phi) is 4.45. The summed E-state index contributed by atoms with van der Waals surface area (Å²) in [5.41, 5.74) is 8.88. The molecule has 2 N–H and O–H groups in total. The zero-order chi connectivity index (χ0) is 14.0. The van der Waals surface area contributed by atoms with Crippen LogP contribution in [0.1, 0.15) is 44.5 Å². The first-order valence-electron chi connectivity index (χ1n) is 6.66.